The molecule has 4 aliphatic carbocycles. The van der Waals surface area contributed by atoms with Crippen LogP contribution in [-0.2, 0) is 0 Å². The molecule has 0 unspecified atom stereocenters. The summed E-state index contributed by atoms with van der Waals surface area (Å²) >= 11 is 2.36. The third kappa shape index (κ3) is 1.44. The van der Waals surface area contributed by atoms with Gasteiger partial charge in [0, 0.05) is 10.5 Å². The third-order valence-corrected chi connectivity index (χ3v) is 8.27. The van der Waals surface area contributed by atoms with E-state index in [9.17, 15) is 0 Å². The van der Waals surface area contributed by atoms with Crippen LogP contribution in [0.1, 0.15) is 52.4 Å². The van der Waals surface area contributed by atoms with Gasteiger partial charge in [-0.3, -0.25) is 0 Å². The lowest BCUT2D eigenvalue weighted by atomic mass is 9.50. The van der Waals surface area contributed by atoms with Crippen LogP contribution in [-0.4, -0.2) is 10.5 Å². The van der Waals surface area contributed by atoms with Gasteiger partial charge in [-0.15, -0.1) is 11.8 Å². The Hall–Kier alpha value is 0.0900. The molecule has 1 aliphatic heterocycles. The van der Waals surface area contributed by atoms with Gasteiger partial charge in [0.2, 0.25) is 0 Å². The van der Waals surface area contributed by atoms with E-state index in [1.54, 1.807) is 43.3 Å². The van der Waals surface area contributed by atoms with Gasteiger partial charge in [-0.05, 0) is 76.0 Å². The van der Waals surface area contributed by atoms with Crippen molar-refractivity contribution >= 4 is 11.8 Å². The van der Waals surface area contributed by atoms with Crippen LogP contribution in [0.25, 0.3) is 0 Å². The first-order valence-electron chi connectivity index (χ1n) is 7.46. The SMILES string of the molecule is CC1=C(C)CC2(SC1)C1CC3CC(C1)CC2C3. The molecule has 1 spiro atoms. The van der Waals surface area contributed by atoms with Crippen molar-refractivity contribution in [2.24, 2.45) is 23.7 Å². The normalized spacial score (nSPS) is 52.6. The quantitative estimate of drug-likeness (QED) is 0.562. The van der Waals surface area contributed by atoms with E-state index in [2.05, 4.69) is 25.6 Å². The van der Waals surface area contributed by atoms with Gasteiger partial charge in [0.25, 0.3) is 0 Å². The van der Waals surface area contributed by atoms with Gasteiger partial charge in [0.15, 0.2) is 0 Å². The van der Waals surface area contributed by atoms with Crippen molar-refractivity contribution in [3.05, 3.63) is 11.1 Å². The van der Waals surface area contributed by atoms with Crippen molar-refractivity contribution < 1.29 is 0 Å². The van der Waals surface area contributed by atoms with Crippen molar-refractivity contribution in [3.8, 4) is 0 Å². The zero-order valence-electron chi connectivity index (χ0n) is 11.2. The summed E-state index contributed by atoms with van der Waals surface area (Å²) in [6.07, 6.45) is 9.32. The summed E-state index contributed by atoms with van der Waals surface area (Å²) < 4.78 is 0.691. The molecule has 0 aromatic rings. The van der Waals surface area contributed by atoms with Crippen molar-refractivity contribution in [2.45, 2.75) is 57.1 Å². The highest BCUT2D eigenvalue weighted by atomic mass is 32.2. The Morgan fingerprint density at radius 3 is 2.00 bits per heavy atom. The average molecular weight is 248 g/mol. The van der Waals surface area contributed by atoms with E-state index in [0.717, 1.165) is 23.7 Å². The second kappa shape index (κ2) is 3.56. The van der Waals surface area contributed by atoms with Crippen LogP contribution in [0.2, 0.25) is 0 Å². The molecular weight excluding hydrogens is 224 g/mol. The van der Waals surface area contributed by atoms with Gasteiger partial charge >= 0.3 is 0 Å². The van der Waals surface area contributed by atoms with Crippen LogP contribution < -0.4 is 0 Å². The summed E-state index contributed by atoms with van der Waals surface area (Å²) in [4.78, 5) is 0. The summed E-state index contributed by atoms with van der Waals surface area (Å²) in [5, 5.41) is 0. The molecule has 5 aliphatic rings. The molecule has 0 aromatic heterocycles. The Kier molecular flexibility index (Phi) is 2.29. The Morgan fingerprint density at radius 2 is 1.47 bits per heavy atom. The fourth-order valence-corrected chi connectivity index (χ4v) is 7.40. The van der Waals surface area contributed by atoms with Crippen LogP contribution in [0.15, 0.2) is 11.1 Å². The molecule has 1 heteroatoms. The third-order valence-electron chi connectivity index (χ3n) is 6.35. The van der Waals surface area contributed by atoms with E-state index in [4.69, 9.17) is 0 Å². The van der Waals surface area contributed by atoms with Crippen LogP contribution in [0, 0.1) is 23.7 Å². The zero-order chi connectivity index (χ0) is 11.6. The Morgan fingerprint density at radius 1 is 0.882 bits per heavy atom. The van der Waals surface area contributed by atoms with E-state index < -0.39 is 0 Å². The summed E-state index contributed by atoms with van der Waals surface area (Å²) in [5.41, 5.74) is 3.41. The molecule has 0 nitrogen and oxygen atoms in total. The number of allylic oxidation sites excluding steroid dienone is 1. The van der Waals surface area contributed by atoms with E-state index in [1.165, 1.54) is 12.2 Å². The van der Waals surface area contributed by atoms with Crippen molar-refractivity contribution in [2.75, 3.05) is 5.75 Å². The summed E-state index contributed by atoms with van der Waals surface area (Å²) in [6, 6.07) is 0. The highest BCUT2D eigenvalue weighted by molar-refractivity contribution is 8.00. The highest BCUT2D eigenvalue weighted by Crippen LogP contribution is 2.65. The minimum atomic E-state index is 0.691. The smallest absolute Gasteiger partial charge is 0.0257 e. The monoisotopic (exact) mass is 248 g/mol. The molecule has 5 rings (SSSR count). The topological polar surface area (TPSA) is 0 Å². The lowest BCUT2D eigenvalue weighted by Gasteiger charge is -2.62. The van der Waals surface area contributed by atoms with E-state index in [0.29, 0.717) is 4.75 Å². The predicted molar refractivity (Wildman–Crippen MR) is 75.2 cm³/mol. The molecule has 17 heavy (non-hydrogen) atoms. The summed E-state index contributed by atoms with van der Waals surface area (Å²) in [6.45, 7) is 4.76. The minimum Gasteiger partial charge on any atom is -0.150 e. The fourth-order valence-electron chi connectivity index (χ4n) is 5.49. The molecule has 0 saturated heterocycles. The molecule has 0 N–H and O–H groups in total. The molecule has 4 fully saturated rings. The lowest BCUT2D eigenvalue weighted by Crippen LogP contribution is -2.56. The Bertz CT molecular complexity index is 351. The van der Waals surface area contributed by atoms with Crippen molar-refractivity contribution in [1.29, 1.82) is 0 Å². The van der Waals surface area contributed by atoms with Gasteiger partial charge in [0.1, 0.15) is 0 Å². The van der Waals surface area contributed by atoms with Crippen molar-refractivity contribution in [1.82, 2.24) is 0 Å². The molecule has 4 saturated carbocycles. The molecule has 4 bridgehead atoms. The Labute approximate surface area is 110 Å². The van der Waals surface area contributed by atoms with Crippen LogP contribution in [0.4, 0.5) is 0 Å². The maximum atomic E-state index is 2.40. The second-order valence-corrected chi connectivity index (χ2v) is 8.62. The highest BCUT2D eigenvalue weighted by Gasteiger charge is 2.57. The van der Waals surface area contributed by atoms with Gasteiger partial charge in [-0.25, -0.2) is 0 Å². The average Bonchev–Trinajstić information content (AvgIpc) is 2.30. The zero-order valence-corrected chi connectivity index (χ0v) is 12.0. The fraction of sp³-hybridized carbons (Fsp3) is 0.875. The van der Waals surface area contributed by atoms with Gasteiger partial charge in [0.05, 0.1) is 0 Å². The summed E-state index contributed by atoms with van der Waals surface area (Å²) in [7, 11) is 0. The first-order valence-corrected chi connectivity index (χ1v) is 8.45. The van der Waals surface area contributed by atoms with E-state index >= 15 is 0 Å². The van der Waals surface area contributed by atoms with Gasteiger partial charge in [-0.2, -0.15) is 0 Å². The van der Waals surface area contributed by atoms with Crippen LogP contribution in [0.5, 0.6) is 0 Å². The van der Waals surface area contributed by atoms with Crippen LogP contribution in [0.3, 0.4) is 0 Å². The van der Waals surface area contributed by atoms with E-state index in [1.807, 2.05) is 0 Å². The molecule has 1 heterocycles. The standard InChI is InChI=1S/C16H24S/c1-10-8-16(17-9-11(10)2)14-4-12-3-13(6-14)7-15(16)5-12/h12-15H,3-9H2,1-2H3. The van der Waals surface area contributed by atoms with E-state index in [-0.39, 0.29) is 0 Å². The predicted octanol–water partition coefficient (Wildman–Crippen LogP) is 4.65. The van der Waals surface area contributed by atoms with Crippen molar-refractivity contribution in [3.63, 3.8) is 0 Å². The summed E-state index contributed by atoms with van der Waals surface area (Å²) in [5.74, 6) is 5.72. The number of thioether (sulfide) groups is 1. The molecule has 0 amide bonds. The first-order chi connectivity index (χ1) is 8.17. The molecule has 0 radical (unpaired) electrons. The van der Waals surface area contributed by atoms with Gasteiger partial charge in [-0.1, -0.05) is 11.1 Å². The maximum Gasteiger partial charge on any atom is 0.0257 e. The molecular formula is C16H24S. The second-order valence-electron chi connectivity index (χ2n) is 7.29. The molecule has 0 aromatic carbocycles. The number of hydrogen-bond donors (Lipinski definition) is 0. The minimum absolute atomic E-state index is 0.691. The van der Waals surface area contributed by atoms with Gasteiger partial charge < -0.3 is 0 Å². The molecule has 94 valence electrons. The Balaban J connectivity index is 1.70. The molecule has 0 atom stereocenters. The number of rotatable bonds is 0. The first kappa shape index (κ1) is 11.0. The number of hydrogen-bond acceptors (Lipinski definition) is 1. The maximum absolute atomic E-state index is 2.40. The van der Waals surface area contributed by atoms with Crippen LogP contribution >= 0.6 is 11.8 Å². The largest absolute Gasteiger partial charge is 0.150 e. The lowest BCUT2D eigenvalue weighted by molar-refractivity contribution is -0.0169.